The van der Waals surface area contributed by atoms with Crippen LogP contribution >= 0.6 is 0 Å². The molecule has 1 saturated heterocycles. The lowest BCUT2D eigenvalue weighted by molar-refractivity contribution is -0.122. The SMILES string of the molecule is Cc1ccccc1[C@H](CC(=O)N[C@@H]1CCS(=O)(=O)C1)NC(N)=O. The first-order valence-electron chi connectivity index (χ1n) is 7.38. The molecule has 1 aliphatic rings. The molecule has 8 heteroatoms. The van der Waals surface area contributed by atoms with Crippen molar-refractivity contribution in [3.63, 3.8) is 0 Å². The smallest absolute Gasteiger partial charge is 0.312 e. The maximum absolute atomic E-state index is 12.2. The summed E-state index contributed by atoms with van der Waals surface area (Å²) in [6.45, 7) is 1.88. The summed E-state index contributed by atoms with van der Waals surface area (Å²) in [5.41, 5.74) is 6.93. The normalized spacial score (nSPS) is 20.7. The van der Waals surface area contributed by atoms with Crippen LogP contribution < -0.4 is 16.4 Å². The second-order valence-corrected chi connectivity index (χ2v) is 8.02. The fourth-order valence-corrected chi connectivity index (χ4v) is 4.44. The van der Waals surface area contributed by atoms with Gasteiger partial charge in [-0.15, -0.1) is 0 Å². The Morgan fingerprint density at radius 3 is 2.61 bits per heavy atom. The molecule has 0 radical (unpaired) electrons. The first kappa shape index (κ1) is 17.3. The van der Waals surface area contributed by atoms with E-state index in [9.17, 15) is 18.0 Å². The topological polar surface area (TPSA) is 118 Å². The van der Waals surface area contributed by atoms with Crippen LogP contribution in [0.15, 0.2) is 24.3 Å². The molecule has 0 unspecified atom stereocenters. The first-order valence-corrected chi connectivity index (χ1v) is 9.20. The highest BCUT2D eigenvalue weighted by molar-refractivity contribution is 7.91. The lowest BCUT2D eigenvalue weighted by Crippen LogP contribution is -2.40. The largest absolute Gasteiger partial charge is 0.352 e. The molecule has 3 amide bonds. The Labute approximate surface area is 135 Å². The molecule has 2 rings (SSSR count). The zero-order chi connectivity index (χ0) is 17.0. The summed E-state index contributed by atoms with van der Waals surface area (Å²) in [4.78, 5) is 23.4. The number of carbonyl (C=O) groups is 2. The van der Waals surface area contributed by atoms with E-state index in [1.807, 2.05) is 31.2 Å². The number of amides is 3. The molecule has 1 aliphatic heterocycles. The minimum atomic E-state index is -3.05. The van der Waals surface area contributed by atoms with E-state index >= 15 is 0 Å². The Morgan fingerprint density at radius 1 is 1.35 bits per heavy atom. The van der Waals surface area contributed by atoms with E-state index in [1.165, 1.54) is 0 Å². The van der Waals surface area contributed by atoms with Gasteiger partial charge < -0.3 is 16.4 Å². The number of hydrogen-bond donors (Lipinski definition) is 3. The summed E-state index contributed by atoms with van der Waals surface area (Å²) in [5.74, 6) is -0.246. The van der Waals surface area contributed by atoms with Crippen LogP contribution in [0.4, 0.5) is 4.79 Å². The number of primary amides is 1. The molecule has 0 aliphatic carbocycles. The average Bonchev–Trinajstić information content (AvgIpc) is 2.77. The number of hydrogen-bond acceptors (Lipinski definition) is 4. The van der Waals surface area contributed by atoms with Crippen molar-refractivity contribution in [2.24, 2.45) is 5.73 Å². The molecule has 4 N–H and O–H groups in total. The van der Waals surface area contributed by atoms with Gasteiger partial charge in [0.2, 0.25) is 5.91 Å². The van der Waals surface area contributed by atoms with Crippen molar-refractivity contribution in [1.82, 2.24) is 10.6 Å². The Bertz CT molecular complexity index is 702. The van der Waals surface area contributed by atoms with E-state index in [1.54, 1.807) is 0 Å². The van der Waals surface area contributed by atoms with Gasteiger partial charge in [-0.2, -0.15) is 0 Å². The number of sulfone groups is 1. The fourth-order valence-electron chi connectivity index (χ4n) is 2.77. The zero-order valence-corrected chi connectivity index (χ0v) is 13.7. The molecule has 1 fully saturated rings. The second-order valence-electron chi connectivity index (χ2n) is 5.79. The highest BCUT2D eigenvalue weighted by Gasteiger charge is 2.29. The van der Waals surface area contributed by atoms with Crippen LogP contribution in [0.5, 0.6) is 0 Å². The van der Waals surface area contributed by atoms with Crippen LogP contribution in [0.1, 0.15) is 30.0 Å². The third-order valence-corrected chi connectivity index (χ3v) is 5.64. The van der Waals surface area contributed by atoms with Crippen molar-refractivity contribution in [2.45, 2.75) is 31.8 Å². The van der Waals surface area contributed by atoms with Crippen LogP contribution in [-0.4, -0.2) is 37.9 Å². The highest BCUT2D eigenvalue weighted by atomic mass is 32.2. The minimum absolute atomic E-state index is 0.00431. The number of urea groups is 1. The molecule has 1 aromatic rings. The lowest BCUT2D eigenvalue weighted by Gasteiger charge is -2.20. The zero-order valence-electron chi connectivity index (χ0n) is 12.9. The van der Waals surface area contributed by atoms with Crippen LogP contribution in [0.3, 0.4) is 0 Å². The molecule has 0 aromatic heterocycles. The predicted molar refractivity (Wildman–Crippen MR) is 86.5 cm³/mol. The maximum Gasteiger partial charge on any atom is 0.312 e. The van der Waals surface area contributed by atoms with Crippen molar-refractivity contribution in [3.8, 4) is 0 Å². The molecule has 23 heavy (non-hydrogen) atoms. The summed E-state index contributed by atoms with van der Waals surface area (Å²) in [7, 11) is -3.05. The summed E-state index contributed by atoms with van der Waals surface area (Å²) < 4.78 is 22.9. The van der Waals surface area contributed by atoms with Crippen molar-refractivity contribution < 1.29 is 18.0 Å². The quantitative estimate of drug-likeness (QED) is 0.719. The van der Waals surface area contributed by atoms with Gasteiger partial charge >= 0.3 is 6.03 Å². The van der Waals surface area contributed by atoms with Gasteiger partial charge in [0, 0.05) is 6.04 Å². The summed E-state index contributed by atoms with van der Waals surface area (Å²) in [5, 5.41) is 5.29. The lowest BCUT2D eigenvalue weighted by atomic mass is 9.98. The Kier molecular flexibility index (Phi) is 5.25. The summed E-state index contributed by atoms with van der Waals surface area (Å²) >= 11 is 0. The molecule has 0 spiro atoms. The molecule has 7 nitrogen and oxygen atoms in total. The van der Waals surface area contributed by atoms with Crippen LogP contribution in [0, 0.1) is 6.92 Å². The number of aryl methyl sites for hydroxylation is 1. The molecule has 0 bridgehead atoms. The van der Waals surface area contributed by atoms with Crippen molar-refractivity contribution >= 4 is 21.8 Å². The molecule has 2 atom stereocenters. The average molecular weight is 339 g/mol. The number of carbonyl (C=O) groups excluding carboxylic acids is 2. The van der Waals surface area contributed by atoms with Crippen molar-refractivity contribution in [1.29, 1.82) is 0 Å². The minimum Gasteiger partial charge on any atom is -0.352 e. The van der Waals surface area contributed by atoms with E-state index in [-0.39, 0.29) is 29.9 Å². The Balaban J connectivity index is 2.04. The molecule has 126 valence electrons. The number of nitrogens with two attached hydrogens (primary N) is 1. The fraction of sp³-hybridized carbons (Fsp3) is 0.467. The van der Waals surface area contributed by atoms with Gasteiger partial charge in [-0.05, 0) is 24.5 Å². The first-order chi connectivity index (χ1) is 10.8. The van der Waals surface area contributed by atoms with Crippen LogP contribution in [-0.2, 0) is 14.6 Å². The molecule has 0 saturated carbocycles. The number of rotatable bonds is 5. The number of nitrogens with one attached hydrogen (secondary N) is 2. The van der Waals surface area contributed by atoms with Gasteiger partial charge in [-0.25, -0.2) is 13.2 Å². The Morgan fingerprint density at radius 2 is 2.04 bits per heavy atom. The maximum atomic E-state index is 12.2. The summed E-state index contributed by atoms with van der Waals surface area (Å²) in [6.07, 6.45) is 0.427. The number of benzene rings is 1. The van der Waals surface area contributed by atoms with Crippen LogP contribution in [0.25, 0.3) is 0 Å². The monoisotopic (exact) mass is 339 g/mol. The Hall–Kier alpha value is -2.09. The van der Waals surface area contributed by atoms with Gasteiger partial charge in [-0.1, -0.05) is 24.3 Å². The third-order valence-electron chi connectivity index (χ3n) is 3.87. The van der Waals surface area contributed by atoms with Crippen LogP contribution in [0.2, 0.25) is 0 Å². The molecular weight excluding hydrogens is 318 g/mol. The second kappa shape index (κ2) is 6.99. The van der Waals surface area contributed by atoms with E-state index in [0.717, 1.165) is 11.1 Å². The van der Waals surface area contributed by atoms with E-state index in [0.29, 0.717) is 6.42 Å². The van der Waals surface area contributed by atoms with Gasteiger partial charge in [0.1, 0.15) is 0 Å². The standard InChI is InChI=1S/C15H21N3O4S/c1-10-4-2-3-5-12(10)13(18-15(16)20)8-14(19)17-11-6-7-23(21,22)9-11/h2-5,11,13H,6-9H2,1H3,(H,17,19)(H3,16,18,20)/t11-,13+/m1/s1. The van der Waals surface area contributed by atoms with Gasteiger partial charge in [0.25, 0.3) is 0 Å². The molecular formula is C15H21N3O4S. The highest BCUT2D eigenvalue weighted by Crippen LogP contribution is 2.21. The van der Waals surface area contributed by atoms with Crippen molar-refractivity contribution in [2.75, 3.05) is 11.5 Å². The van der Waals surface area contributed by atoms with E-state index < -0.39 is 21.9 Å². The van der Waals surface area contributed by atoms with Gasteiger partial charge in [-0.3, -0.25) is 4.79 Å². The van der Waals surface area contributed by atoms with Crippen molar-refractivity contribution in [3.05, 3.63) is 35.4 Å². The van der Waals surface area contributed by atoms with E-state index in [2.05, 4.69) is 10.6 Å². The molecule has 1 aromatic carbocycles. The molecule has 1 heterocycles. The van der Waals surface area contributed by atoms with Gasteiger partial charge in [0.05, 0.1) is 24.0 Å². The summed E-state index contributed by atoms with van der Waals surface area (Å²) in [6, 6.07) is 5.76. The predicted octanol–water partition coefficient (Wildman–Crippen LogP) is 0.398. The third kappa shape index (κ3) is 4.95. The van der Waals surface area contributed by atoms with E-state index in [4.69, 9.17) is 5.73 Å². The van der Waals surface area contributed by atoms with Gasteiger partial charge in [0.15, 0.2) is 9.84 Å².